The lowest BCUT2D eigenvalue weighted by Gasteiger charge is -2.12. The second-order valence-electron chi connectivity index (χ2n) is 10.9. The van der Waals surface area contributed by atoms with Crippen molar-refractivity contribution >= 4 is 41.0 Å². The Morgan fingerprint density at radius 2 is 1.02 bits per heavy atom. The summed E-state index contributed by atoms with van der Waals surface area (Å²) in [6.45, 7) is 4.96. The van der Waals surface area contributed by atoms with Crippen molar-refractivity contribution in [1.29, 1.82) is 0 Å². The quantitative estimate of drug-likeness (QED) is 0.0546. The number of carbonyl (C=O) groups excluding carboxylic acids is 2. The van der Waals surface area contributed by atoms with Crippen LogP contribution in [0.1, 0.15) is 20.7 Å². The summed E-state index contributed by atoms with van der Waals surface area (Å²) in [7, 11) is 1.61. The summed E-state index contributed by atoms with van der Waals surface area (Å²) in [6.07, 6.45) is 0. The molecule has 7 N–H and O–H groups in total. The summed E-state index contributed by atoms with van der Waals surface area (Å²) in [5.74, 6) is 1.29. The molecule has 1 heterocycles. The molecule has 52 heavy (non-hydrogen) atoms. The van der Waals surface area contributed by atoms with Gasteiger partial charge >= 0.3 is 0 Å². The lowest BCUT2D eigenvalue weighted by molar-refractivity contribution is 0.0511. The maximum absolute atomic E-state index is 12.6. The Morgan fingerprint density at radius 1 is 0.558 bits per heavy atom. The molecule has 0 radical (unpaired) electrons. The van der Waals surface area contributed by atoms with Gasteiger partial charge in [-0.3, -0.25) is 9.59 Å². The zero-order chi connectivity index (χ0) is 36.6. The van der Waals surface area contributed by atoms with Crippen molar-refractivity contribution in [3.8, 4) is 5.75 Å². The molecule has 278 valence electrons. The number of hydrogen-bond donors (Lipinski definition) is 6. The van der Waals surface area contributed by atoms with Crippen LogP contribution < -0.4 is 37.1 Å². The standard InChI is InChI=1S/C36H47N9O7/c1-48-31-13-11-30(12-14-31)42-36-44-34(40-18-22-52-26-25-51-20-16-38-32(46)27-5-3-2-4-6-27)43-35(45-36)41-29-9-7-28(8-10-29)33(47)39-17-21-50-24-23-49-19-15-37/h2-14H,15-26,37H2,1H3,(H,38,46)(H,39,47)(H3,40,41,42,43,44,45). The second kappa shape index (κ2) is 23.2. The van der Waals surface area contributed by atoms with E-state index >= 15 is 0 Å². The fraction of sp³-hybridized carbons (Fsp3) is 0.361. The van der Waals surface area contributed by atoms with E-state index in [-0.39, 0.29) is 17.8 Å². The molecule has 2 amide bonds. The summed E-state index contributed by atoms with van der Waals surface area (Å²) in [5.41, 5.74) is 7.92. The number of methoxy groups -OCH3 is 1. The molecule has 0 unspecified atom stereocenters. The molecule has 0 fully saturated rings. The Hall–Kier alpha value is -5.39. The van der Waals surface area contributed by atoms with E-state index in [2.05, 4.69) is 41.5 Å². The van der Waals surface area contributed by atoms with E-state index in [9.17, 15) is 9.59 Å². The van der Waals surface area contributed by atoms with Crippen LogP contribution in [0.25, 0.3) is 0 Å². The Morgan fingerprint density at radius 3 is 1.54 bits per heavy atom. The molecule has 4 rings (SSSR count). The van der Waals surface area contributed by atoms with Gasteiger partial charge in [0.1, 0.15) is 5.75 Å². The van der Waals surface area contributed by atoms with E-state index in [1.807, 2.05) is 42.5 Å². The molecule has 0 atom stereocenters. The van der Waals surface area contributed by atoms with E-state index in [1.54, 1.807) is 43.5 Å². The average molecular weight is 718 g/mol. The monoisotopic (exact) mass is 717 g/mol. The predicted molar refractivity (Wildman–Crippen MR) is 198 cm³/mol. The van der Waals surface area contributed by atoms with E-state index in [4.69, 9.17) is 29.4 Å². The van der Waals surface area contributed by atoms with Crippen molar-refractivity contribution in [1.82, 2.24) is 25.6 Å². The first kappa shape index (κ1) is 39.4. The molecule has 0 aliphatic rings. The van der Waals surface area contributed by atoms with Crippen LogP contribution in [0.15, 0.2) is 78.9 Å². The smallest absolute Gasteiger partial charge is 0.251 e. The minimum Gasteiger partial charge on any atom is -0.497 e. The van der Waals surface area contributed by atoms with Crippen LogP contribution in [0.5, 0.6) is 5.75 Å². The minimum absolute atomic E-state index is 0.136. The molecule has 0 saturated heterocycles. The number of ether oxygens (including phenoxy) is 5. The molecule has 0 bridgehead atoms. The number of rotatable bonds is 25. The number of nitrogens with zero attached hydrogens (tertiary/aromatic N) is 3. The zero-order valence-electron chi connectivity index (χ0n) is 29.3. The Bertz CT molecular complexity index is 1620. The molecule has 0 aliphatic heterocycles. The highest BCUT2D eigenvalue weighted by molar-refractivity contribution is 5.94. The van der Waals surface area contributed by atoms with Crippen LogP contribution in [0.2, 0.25) is 0 Å². The number of amides is 2. The van der Waals surface area contributed by atoms with E-state index < -0.39 is 0 Å². The normalized spacial score (nSPS) is 10.7. The number of nitrogens with one attached hydrogen (secondary N) is 5. The number of anilines is 5. The minimum atomic E-state index is -0.215. The van der Waals surface area contributed by atoms with Crippen LogP contribution in [0.3, 0.4) is 0 Å². The summed E-state index contributed by atoms with van der Waals surface area (Å²) < 4.78 is 27.2. The van der Waals surface area contributed by atoms with Gasteiger partial charge in [0.2, 0.25) is 17.8 Å². The van der Waals surface area contributed by atoms with Crippen LogP contribution in [-0.2, 0) is 18.9 Å². The molecule has 4 aromatic rings. The highest BCUT2D eigenvalue weighted by atomic mass is 16.5. The zero-order valence-corrected chi connectivity index (χ0v) is 29.3. The average Bonchev–Trinajstić information content (AvgIpc) is 3.17. The van der Waals surface area contributed by atoms with Crippen molar-refractivity contribution < 1.29 is 33.3 Å². The number of carbonyl (C=O) groups is 2. The van der Waals surface area contributed by atoms with Crippen LogP contribution in [-0.4, -0.2) is 113 Å². The topological polar surface area (TPSA) is 205 Å². The molecule has 1 aromatic heterocycles. The van der Waals surface area contributed by atoms with Crippen molar-refractivity contribution in [2.75, 3.05) is 102 Å². The molecular formula is C36H47N9O7. The predicted octanol–water partition coefficient (Wildman–Crippen LogP) is 2.96. The molecule has 16 nitrogen and oxygen atoms in total. The van der Waals surface area contributed by atoms with Gasteiger partial charge in [0.15, 0.2) is 0 Å². The summed E-state index contributed by atoms with van der Waals surface area (Å²) in [5, 5.41) is 15.2. The Labute approximate surface area is 303 Å². The first-order chi connectivity index (χ1) is 25.5. The molecule has 0 saturated carbocycles. The fourth-order valence-corrected chi connectivity index (χ4v) is 4.43. The molecular weight excluding hydrogens is 670 g/mol. The van der Waals surface area contributed by atoms with Gasteiger partial charge in [-0.05, 0) is 60.7 Å². The van der Waals surface area contributed by atoms with Gasteiger partial charge in [-0.25, -0.2) is 0 Å². The highest BCUT2D eigenvalue weighted by Crippen LogP contribution is 2.21. The number of hydrogen-bond acceptors (Lipinski definition) is 14. The second-order valence-corrected chi connectivity index (χ2v) is 10.9. The van der Waals surface area contributed by atoms with Crippen molar-refractivity contribution in [2.45, 2.75) is 0 Å². The Kier molecular flexibility index (Phi) is 17.5. The van der Waals surface area contributed by atoms with Crippen LogP contribution >= 0.6 is 0 Å². The van der Waals surface area contributed by atoms with Gasteiger partial charge in [0.05, 0.1) is 60.0 Å². The third-order valence-corrected chi connectivity index (χ3v) is 7.02. The van der Waals surface area contributed by atoms with Crippen molar-refractivity contribution in [2.24, 2.45) is 5.73 Å². The first-order valence-corrected chi connectivity index (χ1v) is 16.9. The SMILES string of the molecule is COc1ccc(Nc2nc(NCCOCCOCCNC(=O)c3ccccc3)nc(Nc3ccc(C(=O)NCCOCCOCCN)cc3)n2)cc1. The molecule has 16 heteroatoms. The number of benzene rings is 3. The number of aromatic nitrogens is 3. The third-order valence-electron chi connectivity index (χ3n) is 7.02. The fourth-order valence-electron chi connectivity index (χ4n) is 4.43. The van der Waals surface area contributed by atoms with E-state index in [0.717, 1.165) is 11.4 Å². The maximum atomic E-state index is 12.6. The molecule has 0 spiro atoms. The van der Waals surface area contributed by atoms with Gasteiger partial charge in [0.25, 0.3) is 11.8 Å². The van der Waals surface area contributed by atoms with Crippen LogP contribution in [0.4, 0.5) is 29.2 Å². The largest absolute Gasteiger partial charge is 0.497 e. The van der Waals surface area contributed by atoms with Gasteiger partial charge in [-0.2, -0.15) is 15.0 Å². The number of nitrogens with two attached hydrogens (primary N) is 1. The third kappa shape index (κ3) is 14.8. The molecule has 3 aromatic carbocycles. The summed E-state index contributed by atoms with van der Waals surface area (Å²) >= 11 is 0. The first-order valence-electron chi connectivity index (χ1n) is 16.9. The van der Waals surface area contributed by atoms with E-state index in [0.29, 0.717) is 108 Å². The van der Waals surface area contributed by atoms with Crippen LogP contribution in [0, 0.1) is 0 Å². The molecule has 0 aliphatic carbocycles. The lowest BCUT2D eigenvalue weighted by Crippen LogP contribution is -2.27. The van der Waals surface area contributed by atoms with E-state index in [1.165, 1.54) is 0 Å². The van der Waals surface area contributed by atoms with Gasteiger partial charge in [-0.1, -0.05) is 18.2 Å². The lowest BCUT2D eigenvalue weighted by atomic mass is 10.2. The Balaban J connectivity index is 1.22. The van der Waals surface area contributed by atoms with Crippen molar-refractivity contribution in [3.05, 3.63) is 90.0 Å². The maximum Gasteiger partial charge on any atom is 0.251 e. The van der Waals surface area contributed by atoms with Gasteiger partial charge < -0.3 is 56.0 Å². The van der Waals surface area contributed by atoms with Crippen molar-refractivity contribution in [3.63, 3.8) is 0 Å². The van der Waals surface area contributed by atoms with Gasteiger partial charge in [-0.15, -0.1) is 0 Å². The summed E-state index contributed by atoms with van der Waals surface area (Å²) in [6, 6.07) is 23.3. The highest BCUT2D eigenvalue weighted by Gasteiger charge is 2.10. The van der Waals surface area contributed by atoms with Gasteiger partial charge in [0, 0.05) is 48.7 Å². The summed E-state index contributed by atoms with van der Waals surface area (Å²) in [4.78, 5) is 38.2.